The molecule has 0 aliphatic rings. The Morgan fingerprint density at radius 3 is 2.59 bits per heavy atom. The van der Waals surface area contributed by atoms with Gasteiger partial charge in [-0.3, -0.25) is 9.97 Å². The molecule has 0 aliphatic carbocycles. The van der Waals surface area contributed by atoms with E-state index in [1.165, 1.54) is 0 Å². The van der Waals surface area contributed by atoms with Crippen molar-refractivity contribution in [1.82, 2.24) is 9.97 Å². The van der Waals surface area contributed by atoms with E-state index in [1.807, 2.05) is 69.4 Å². The van der Waals surface area contributed by atoms with Gasteiger partial charge in [0.1, 0.15) is 18.1 Å². The van der Waals surface area contributed by atoms with Crippen LogP contribution in [0.3, 0.4) is 0 Å². The van der Waals surface area contributed by atoms with Gasteiger partial charge < -0.3 is 14.8 Å². The molecule has 0 bridgehead atoms. The van der Waals surface area contributed by atoms with Gasteiger partial charge in [0, 0.05) is 29.5 Å². The predicted octanol–water partition coefficient (Wildman–Crippen LogP) is 7.38. The summed E-state index contributed by atoms with van der Waals surface area (Å²) in [6, 6.07) is 13.5. The number of nitrogens with one attached hydrogen (secondary N) is 1. The minimum Gasteiger partial charge on any atom is -0.493 e. The van der Waals surface area contributed by atoms with E-state index < -0.39 is 0 Å². The Labute approximate surface area is 200 Å². The van der Waals surface area contributed by atoms with E-state index in [-0.39, 0.29) is 0 Å². The fourth-order valence-electron chi connectivity index (χ4n) is 3.40. The molecule has 0 unspecified atom stereocenters. The minimum absolute atomic E-state index is 0.358. The van der Waals surface area contributed by atoms with Crippen LogP contribution in [0.2, 0.25) is 5.02 Å². The number of anilines is 2. The van der Waals surface area contributed by atoms with E-state index in [0.717, 1.165) is 49.3 Å². The van der Waals surface area contributed by atoms with Crippen molar-refractivity contribution in [1.29, 1.82) is 0 Å². The van der Waals surface area contributed by atoms with Crippen LogP contribution < -0.4 is 14.8 Å². The second-order valence-corrected chi connectivity index (χ2v) is 8.64. The Morgan fingerprint density at radius 1 is 1.00 bits per heavy atom. The summed E-state index contributed by atoms with van der Waals surface area (Å²) in [4.78, 5) is 8.87. The number of ether oxygens (including phenoxy) is 2. The first-order chi connectivity index (χ1) is 15.5. The number of hydrogen-bond acceptors (Lipinski definition) is 5. The number of hydrogen-bond donors (Lipinski definition) is 1. The van der Waals surface area contributed by atoms with Crippen molar-refractivity contribution in [3.63, 3.8) is 0 Å². The molecule has 0 fully saturated rings. The SMILES string of the molecule is CCOc1cc2ncc(C)c(Nc3cc(Cl)c(OCc4ccccn4)cc3C)c2cc1Br. The average Bonchev–Trinajstić information content (AvgIpc) is 2.78. The van der Waals surface area contributed by atoms with Crippen LogP contribution in [0, 0.1) is 13.8 Å². The molecule has 2 aromatic carbocycles. The van der Waals surface area contributed by atoms with E-state index in [2.05, 4.69) is 31.2 Å². The molecule has 0 saturated carbocycles. The first kappa shape index (κ1) is 22.4. The van der Waals surface area contributed by atoms with Crippen LogP contribution in [0.15, 0.2) is 59.3 Å². The molecule has 0 spiro atoms. The third kappa shape index (κ3) is 4.81. The van der Waals surface area contributed by atoms with Crippen LogP contribution in [-0.2, 0) is 6.61 Å². The maximum atomic E-state index is 6.55. The standard InChI is InChI=1S/C25H23BrClN3O2/c1-4-31-23-12-22-18(10-19(23)26)25(16(3)13-29-22)30-21-11-20(27)24(9-15(21)2)32-14-17-7-5-6-8-28-17/h5-13H,4,14H2,1-3H3,(H,29,30). The lowest BCUT2D eigenvalue weighted by atomic mass is 10.1. The highest BCUT2D eigenvalue weighted by molar-refractivity contribution is 9.10. The zero-order chi connectivity index (χ0) is 22.7. The first-order valence-electron chi connectivity index (χ1n) is 10.3. The van der Waals surface area contributed by atoms with Gasteiger partial charge in [-0.2, -0.15) is 0 Å². The van der Waals surface area contributed by atoms with Gasteiger partial charge in [0.15, 0.2) is 0 Å². The molecular weight excluding hydrogens is 490 g/mol. The second-order valence-electron chi connectivity index (χ2n) is 7.38. The lowest BCUT2D eigenvalue weighted by molar-refractivity contribution is 0.301. The normalized spacial score (nSPS) is 10.9. The highest BCUT2D eigenvalue weighted by Gasteiger charge is 2.14. The summed E-state index contributed by atoms with van der Waals surface area (Å²) in [5.41, 5.74) is 5.61. The fourth-order valence-corrected chi connectivity index (χ4v) is 4.07. The third-order valence-electron chi connectivity index (χ3n) is 5.05. The molecule has 5 nitrogen and oxygen atoms in total. The number of rotatable bonds is 7. The largest absolute Gasteiger partial charge is 0.493 e. The summed E-state index contributed by atoms with van der Waals surface area (Å²) >= 11 is 10.2. The predicted molar refractivity (Wildman–Crippen MR) is 133 cm³/mol. The number of aryl methyl sites for hydroxylation is 2. The van der Waals surface area contributed by atoms with Crippen molar-refractivity contribution >= 4 is 49.8 Å². The molecule has 164 valence electrons. The van der Waals surface area contributed by atoms with Crippen molar-refractivity contribution in [2.45, 2.75) is 27.4 Å². The Morgan fingerprint density at radius 2 is 1.84 bits per heavy atom. The van der Waals surface area contributed by atoms with E-state index >= 15 is 0 Å². The fraction of sp³-hybridized carbons (Fsp3) is 0.200. The molecule has 0 saturated heterocycles. The molecule has 2 aromatic heterocycles. The Balaban J connectivity index is 1.64. The van der Waals surface area contributed by atoms with Gasteiger partial charge in [-0.05, 0) is 78.2 Å². The minimum atomic E-state index is 0.358. The molecule has 0 amide bonds. The Bertz CT molecular complexity index is 1270. The molecule has 0 atom stereocenters. The van der Waals surface area contributed by atoms with Gasteiger partial charge in [0.2, 0.25) is 0 Å². The van der Waals surface area contributed by atoms with Gasteiger partial charge in [-0.15, -0.1) is 0 Å². The summed E-state index contributed by atoms with van der Waals surface area (Å²) < 4.78 is 12.5. The van der Waals surface area contributed by atoms with Crippen LogP contribution in [0.25, 0.3) is 10.9 Å². The van der Waals surface area contributed by atoms with E-state index in [4.69, 9.17) is 21.1 Å². The first-order valence-corrected chi connectivity index (χ1v) is 11.4. The van der Waals surface area contributed by atoms with Crippen LogP contribution >= 0.6 is 27.5 Å². The highest BCUT2D eigenvalue weighted by Crippen LogP contribution is 2.38. The van der Waals surface area contributed by atoms with Crippen molar-refractivity contribution in [2.24, 2.45) is 0 Å². The summed E-state index contributed by atoms with van der Waals surface area (Å²) in [5.74, 6) is 1.40. The number of fused-ring (bicyclic) bond motifs is 1. The molecule has 0 aliphatic heterocycles. The van der Waals surface area contributed by atoms with Gasteiger partial charge in [-0.25, -0.2) is 0 Å². The van der Waals surface area contributed by atoms with E-state index in [9.17, 15) is 0 Å². The average molecular weight is 513 g/mol. The smallest absolute Gasteiger partial charge is 0.138 e. The number of benzene rings is 2. The number of nitrogens with zero attached hydrogens (tertiary/aromatic N) is 2. The zero-order valence-corrected chi connectivity index (χ0v) is 20.4. The quantitative estimate of drug-likeness (QED) is 0.280. The van der Waals surface area contributed by atoms with Crippen molar-refractivity contribution in [2.75, 3.05) is 11.9 Å². The molecule has 7 heteroatoms. The van der Waals surface area contributed by atoms with Gasteiger partial charge in [0.25, 0.3) is 0 Å². The van der Waals surface area contributed by atoms with Gasteiger partial charge >= 0.3 is 0 Å². The van der Waals surface area contributed by atoms with Crippen molar-refractivity contribution < 1.29 is 9.47 Å². The highest BCUT2D eigenvalue weighted by atomic mass is 79.9. The van der Waals surface area contributed by atoms with Crippen LogP contribution in [0.1, 0.15) is 23.7 Å². The topological polar surface area (TPSA) is 56.3 Å². The lowest BCUT2D eigenvalue weighted by Gasteiger charge is -2.17. The Hall–Kier alpha value is -2.83. The summed E-state index contributed by atoms with van der Waals surface area (Å²) in [5, 5.41) is 5.07. The summed E-state index contributed by atoms with van der Waals surface area (Å²) in [6.45, 7) is 6.96. The number of halogens is 2. The second kappa shape index (κ2) is 9.76. The maximum absolute atomic E-state index is 6.55. The van der Waals surface area contributed by atoms with Crippen LogP contribution in [-0.4, -0.2) is 16.6 Å². The summed E-state index contributed by atoms with van der Waals surface area (Å²) in [6.07, 6.45) is 3.60. The van der Waals surface area contributed by atoms with E-state index in [1.54, 1.807) is 6.20 Å². The van der Waals surface area contributed by atoms with Crippen molar-refractivity contribution in [3.8, 4) is 11.5 Å². The Kier molecular flexibility index (Phi) is 6.82. The molecule has 32 heavy (non-hydrogen) atoms. The number of pyridine rings is 2. The molecule has 4 rings (SSSR count). The van der Waals surface area contributed by atoms with Crippen LogP contribution in [0.5, 0.6) is 11.5 Å². The molecule has 1 N–H and O–H groups in total. The van der Waals surface area contributed by atoms with Gasteiger partial charge in [-0.1, -0.05) is 17.7 Å². The van der Waals surface area contributed by atoms with Crippen molar-refractivity contribution in [3.05, 3.63) is 81.2 Å². The molecule has 2 heterocycles. The number of aromatic nitrogens is 2. The lowest BCUT2D eigenvalue weighted by Crippen LogP contribution is -2.01. The summed E-state index contributed by atoms with van der Waals surface area (Å²) in [7, 11) is 0. The molecular formula is C25H23BrClN3O2. The van der Waals surface area contributed by atoms with E-state index in [0.29, 0.717) is 24.0 Å². The van der Waals surface area contributed by atoms with Crippen LogP contribution in [0.4, 0.5) is 11.4 Å². The maximum Gasteiger partial charge on any atom is 0.138 e. The third-order valence-corrected chi connectivity index (χ3v) is 5.97. The monoisotopic (exact) mass is 511 g/mol. The molecule has 0 radical (unpaired) electrons. The van der Waals surface area contributed by atoms with Gasteiger partial charge in [0.05, 0.1) is 33.0 Å². The zero-order valence-electron chi connectivity index (χ0n) is 18.1. The molecule has 4 aromatic rings.